The molecule has 0 aliphatic heterocycles. The van der Waals surface area contributed by atoms with E-state index in [-0.39, 0.29) is 22.1 Å². The van der Waals surface area contributed by atoms with Gasteiger partial charge in [-0.05, 0) is 56.7 Å². The number of nitrogens with one attached hydrogen (secondary N) is 1. The number of sulfonamides is 1. The predicted molar refractivity (Wildman–Crippen MR) is 110 cm³/mol. The van der Waals surface area contributed by atoms with Crippen molar-refractivity contribution in [3.05, 3.63) is 58.6 Å². The van der Waals surface area contributed by atoms with Gasteiger partial charge in [0.05, 0.1) is 7.11 Å². The van der Waals surface area contributed by atoms with Crippen molar-refractivity contribution in [2.75, 3.05) is 14.2 Å². The lowest BCUT2D eigenvalue weighted by molar-refractivity contribution is 0.0785. The molecule has 28 heavy (non-hydrogen) atoms. The van der Waals surface area contributed by atoms with E-state index >= 15 is 0 Å². The molecule has 2 aromatic carbocycles. The average Bonchev–Trinajstić information content (AvgIpc) is 2.58. The number of amides is 1. The third kappa shape index (κ3) is 5.70. The van der Waals surface area contributed by atoms with E-state index < -0.39 is 15.6 Å². The van der Waals surface area contributed by atoms with Crippen LogP contribution in [0.1, 0.15) is 36.7 Å². The fraction of sp³-hybridized carbons (Fsp3) is 0.350. The zero-order valence-corrected chi connectivity index (χ0v) is 18.2. The van der Waals surface area contributed by atoms with Crippen LogP contribution in [0.3, 0.4) is 0 Å². The van der Waals surface area contributed by atoms with Gasteiger partial charge in [-0.2, -0.15) is 0 Å². The summed E-state index contributed by atoms with van der Waals surface area (Å²) < 4.78 is 33.3. The summed E-state index contributed by atoms with van der Waals surface area (Å²) in [6, 6.07) is 11.6. The minimum atomic E-state index is -3.87. The van der Waals surface area contributed by atoms with Crippen LogP contribution in [0.4, 0.5) is 0 Å². The second-order valence-corrected chi connectivity index (χ2v) is 9.60. The molecule has 0 atom stereocenters. The molecule has 152 valence electrons. The van der Waals surface area contributed by atoms with E-state index in [1.54, 1.807) is 46.0 Å². The number of halogens is 1. The van der Waals surface area contributed by atoms with Gasteiger partial charge in [-0.15, -0.1) is 0 Å². The molecular formula is C20H25ClN2O4S. The fourth-order valence-corrected chi connectivity index (χ4v) is 4.51. The quantitative estimate of drug-likeness (QED) is 0.767. The van der Waals surface area contributed by atoms with Gasteiger partial charge in [0, 0.05) is 29.7 Å². The molecule has 0 spiro atoms. The molecule has 0 aliphatic carbocycles. The molecule has 8 heteroatoms. The van der Waals surface area contributed by atoms with Crippen LogP contribution >= 0.6 is 11.6 Å². The lowest BCUT2D eigenvalue weighted by Crippen LogP contribution is -2.40. The molecule has 1 N–H and O–H groups in total. The van der Waals surface area contributed by atoms with E-state index in [1.807, 2.05) is 12.1 Å². The third-order valence-corrected chi connectivity index (χ3v) is 5.81. The summed E-state index contributed by atoms with van der Waals surface area (Å²) in [6.45, 7) is 5.56. The molecule has 0 heterocycles. The molecule has 0 bridgehead atoms. The van der Waals surface area contributed by atoms with Crippen LogP contribution in [0, 0.1) is 0 Å². The topological polar surface area (TPSA) is 75.7 Å². The Bertz CT molecular complexity index is 968. The molecule has 0 saturated heterocycles. The largest absolute Gasteiger partial charge is 0.495 e. The Labute approximate surface area is 171 Å². The molecule has 2 rings (SSSR count). The van der Waals surface area contributed by atoms with Gasteiger partial charge in [-0.25, -0.2) is 13.1 Å². The van der Waals surface area contributed by atoms with Crippen molar-refractivity contribution in [3.8, 4) is 5.75 Å². The van der Waals surface area contributed by atoms with Crippen molar-refractivity contribution in [1.82, 2.24) is 9.62 Å². The molecule has 2 aromatic rings. The van der Waals surface area contributed by atoms with Gasteiger partial charge >= 0.3 is 0 Å². The van der Waals surface area contributed by atoms with Crippen LogP contribution < -0.4 is 9.46 Å². The maximum atomic E-state index is 12.8. The smallest absolute Gasteiger partial charge is 0.253 e. The van der Waals surface area contributed by atoms with Crippen LogP contribution in [0.5, 0.6) is 5.75 Å². The van der Waals surface area contributed by atoms with Gasteiger partial charge in [0.1, 0.15) is 10.6 Å². The summed E-state index contributed by atoms with van der Waals surface area (Å²) in [4.78, 5) is 14.3. The first-order chi connectivity index (χ1) is 12.9. The first kappa shape index (κ1) is 22.2. The average molecular weight is 425 g/mol. The molecule has 0 radical (unpaired) electrons. The highest BCUT2D eigenvalue weighted by atomic mass is 35.5. The van der Waals surface area contributed by atoms with E-state index in [4.69, 9.17) is 16.3 Å². The van der Waals surface area contributed by atoms with Gasteiger partial charge in [-0.3, -0.25) is 4.79 Å². The van der Waals surface area contributed by atoms with Gasteiger partial charge in [0.25, 0.3) is 5.91 Å². The highest BCUT2D eigenvalue weighted by molar-refractivity contribution is 7.89. The van der Waals surface area contributed by atoms with Gasteiger partial charge < -0.3 is 9.64 Å². The Morgan fingerprint density at radius 3 is 2.43 bits per heavy atom. The minimum absolute atomic E-state index is 0.0769. The maximum absolute atomic E-state index is 12.8. The number of carbonyl (C=O) groups is 1. The third-order valence-electron chi connectivity index (χ3n) is 3.80. The first-order valence-electron chi connectivity index (χ1n) is 8.65. The summed E-state index contributed by atoms with van der Waals surface area (Å²) in [5.41, 5.74) is 0.450. The Kier molecular flexibility index (Phi) is 6.75. The number of hydrogen-bond donors (Lipinski definition) is 1. The predicted octanol–water partition coefficient (Wildman–Crippen LogP) is 3.70. The standard InChI is InChI=1S/C20H25ClN2O4S/c1-20(2,3)22-28(25,26)18-12-15(9-10-17(18)27-5)19(24)23(4)13-14-7-6-8-16(21)11-14/h6-12,22H,13H2,1-5H3. The zero-order chi connectivity index (χ0) is 21.1. The Morgan fingerprint density at radius 1 is 1.18 bits per heavy atom. The van der Waals surface area contributed by atoms with Crippen molar-refractivity contribution in [3.63, 3.8) is 0 Å². The number of ether oxygens (including phenoxy) is 1. The number of carbonyl (C=O) groups excluding carboxylic acids is 1. The summed E-state index contributed by atoms with van der Waals surface area (Å²) in [5, 5.41) is 0.587. The minimum Gasteiger partial charge on any atom is -0.495 e. The van der Waals surface area contributed by atoms with Crippen molar-refractivity contribution < 1.29 is 17.9 Å². The summed E-state index contributed by atoms with van der Waals surface area (Å²) >= 11 is 5.99. The monoisotopic (exact) mass is 424 g/mol. The number of nitrogens with zero attached hydrogens (tertiary/aromatic N) is 1. The van der Waals surface area contributed by atoms with Crippen molar-refractivity contribution >= 4 is 27.5 Å². The van der Waals surface area contributed by atoms with Crippen molar-refractivity contribution in [2.24, 2.45) is 0 Å². The highest BCUT2D eigenvalue weighted by Crippen LogP contribution is 2.27. The molecule has 0 fully saturated rings. The van der Waals surface area contributed by atoms with Gasteiger partial charge in [-0.1, -0.05) is 23.7 Å². The van der Waals surface area contributed by atoms with E-state index in [9.17, 15) is 13.2 Å². The second-order valence-electron chi connectivity index (χ2n) is 7.51. The molecule has 0 aromatic heterocycles. The zero-order valence-electron chi connectivity index (χ0n) is 16.6. The highest BCUT2D eigenvalue weighted by Gasteiger charge is 2.27. The molecule has 0 aliphatic rings. The van der Waals surface area contributed by atoms with Crippen LogP contribution in [0.2, 0.25) is 5.02 Å². The van der Waals surface area contributed by atoms with Gasteiger partial charge in [0.15, 0.2) is 0 Å². The molecule has 6 nitrogen and oxygen atoms in total. The Balaban J connectivity index is 2.34. The number of methoxy groups -OCH3 is 1. The number of benzene rings is 2. The fourth-order valence-electron chi connectivity index (χ4n) is 2.68. The maximum Gasteiger partial charge on any atom is 0.253 e. The van der Waals surface area contributed by atoms with Crippen LogP contribution in [-0.2, 0) is 16.6 Å². The Hall–Kier alpha value is -2.09. The normalized spacial score (nSPS) is 11.9. The molecular weight excluding hydrogens is 400 g/mol. The Morgan fingerprint density at radius 2 is 1.86 bits per heavy atom. The lowest BCUT2D eigenvalue weighted by Gasteiger charge is -2.22. The van der Waals surface area contributed by atoms with Crippen molar-refractivity contribution in [1.29, 1.82) is 0 Å². The lowest BCUT2D eigenvalue weighted by atomic mass is 10.1. The van der Waals surface area contributed by atoms with E-state index in [2.05, 4.69) is 4.72 Å². The van der Waals surface area contributed by atoms with Crippen molar-refractivity contribution in [2.45, 2.75) is 37.8 Å². The molecule has 0 saturated carbocycles. The summed E-state index contributed by atoms with van der Waals surface area (Å²) in [6.07, 6.45) is 0. The number of rotatable bonds is 6. The van der Waals surface area contributed by atoms with Crippen LogP contribution in [0.15, 0.2) is 47.4 Å². The first-order valence-corrected chi connectivity index (χ1v) is 10.5. The SMILES string of the molecule is COc1ccc(C(=O)N(C)Cc2cccc(Cl)c2)cc1S(=O)(=O)NC(C)(C)C. The van der Waals surface area contributed by atoms with Crippen LogP contribution in [-0.4, -0.2) is 38.9 Å². The summed E-state index contributed by atoms with van der Waals surface area (Å²) in [5.74, 6) is -0.138. The van der Waals surface area contributed by atoms with Gasteiger partial charge in [0.2, 0.25) is 10.0 Å². The summed E-state index contributed by atoms with van der Waals surface area (Å²) in [7, 11) is -0.835. The second kappa shape index (κ2) is 8.51. The van der Waals surface area contributed by atoms with E-state index in [0.717, 1.165) is 5.56 Å². The van der Waals surface area contributed by atoms with Crippen LogP contribution in [0.25, 0.3) is 0 Å². The van der Waals surface area contributed by atoms with E-state index in [1.165, 1.54) is 24.1 Å². The molecule has 0 unspecified atom stereocenters. The van der Waals surface area contributed by atoms with E-state index in [0.29, 0.717) is 11.6 Å². The number of hydrogen-bond acceptors (Lipinski definition) is 4. The molecule has 1 amide bonds.